The number of hydrogen-bond donors (Lipinski definition) is 1. The smallest absolute Gasteiger partial charge is 0.224 e. The number of benzene rings is 3. The molecule has 7 rings (SSSR count). The molecule has 0 saturated heterocycles. The van der Waals surface area contributed by atoms with Crippen LogP contribution in [0.2, 0.25) is 0 Å². The highest BCUT2D eigenvalue weighted by atomic mass is 16.1. The van der Waals surface area contributed by atoms with Crippen LogP contribution in [0.3, 0.4) is 0 Å². The van der Waals surface area contributed by atoms with Crippen molar-refractivity contribution >= 4 is 5.91 Å². The highest BCUT2D eigenvalue weighted by Crippen LogP contribution is 2.55. The van der Waals surface area contributed by atoms with Crippen molar-refractivity contribution in [1.29, 1.82) is 0 Å². The van der Waals surface area contributed by atoms with Crippen LogP contribution < -0.4 is 5.32 Å². The molecule has 0 fully saturated rings. The summed E-state index contributed by atoms with van der Waals surface area (Å²) in [7, 11) is 0. The summed E-state index contributed by atoms with van der Waals surface area (Å²) in [6, 6.07) is 25.4. The normalized spacial score (nSPS) is 20.4. The first-order chi connectivity index (χ1) is 15.8. The Kier molecular flexibility index (Phi) is 4.56. The summed E-state index contributed by atoms with van der Waals surface area (Å²) >= 11 is 0. The van der Waals surface area contributed by atoms with Gasteiger partial charge in [0.15, 0.2) is 0 Å². The first-order valence-electron chi connectivity index (χ1n) is 11.0. The van der Waals surface area contributed by atoms with Crippen LogP contribution in [0, 0.1) is 5.92 Å². The van der Waals surface area contributed by atoms with E-state index in [0.29, 0.717) is 30.7 Å². The molecule has 0 spiro atoms. The second kappa shape index (κ2) is 7.71. The first-order valence-corrected chi connectivity index (χ1v) is 11.0. The third-order valence-corrected chi connectivity index (χ3v) is 6.90. The minimum absolute atomic E-state index is 0.0585. The van der Waals surface area contributed by atoms with Crippen molar-refractivity contribution in [3.8, 4) is 5.69 Å². The van der Waals surface area contributed by atoms with E-state index in [9.17, 15) is 4.79 Å². The number of nitrogens with one attached hydrogen (secondary N) is 1. The molecule has 6 heteroatoms. The van der Waals surface area contributed by atoms with Crippen LogP contribution >= 0.6 is 0 Å². The number of carbonyl (C=O) groups excluding carboxylic acids is 1. The van der Waals surface area contributed by atoms with Crippen molar-refractivity contribution in [2.75, 3.05) is 6.54 Å². The maximum Gasteiger partial charge on any atom is 0.224 e. The fourth-order valence-corrected chi connectivity index (χ4v) is 5.50. The van der Waals surface area contributed by atoms with Gasteiger partial charge in [0.2, 0.25) is 5.91 Å². The molecule has 1 atom stereocenters. The lowest BCUT2D eigenvalue weighted by Crippen LogP contribution is -2.39. The van der Waals surface area contributed by atoms with Crippen molar-refractivity contribution in [2.45, 2.75) is 24.7 Å². The zero-order chi connectivity index (χ0) is 21.5. The molecule has 0 radical (unpaired) electrons. The summed E-state index contributed by atoms with van der Waals surface area (Å²) < 4.78 is 1.59. The molecule has 1 amide bonds. The lowest BCUT2D eigenvalue weighted by molar-refractivity contribution is -0.120. The summed E-state index contributed by atoms with van der Waals surface area (Å²) in [5, 5.41) is 14.4. The molecule has 0 aliphatic heterocycles. The molecule has 2 bridgehead atoms. The second-order valence-electron chi connectivity index (χ2n) is 8.69. The average molecular weight is 422 g/mol. The SMILES string of the molecule is O=C(Cc1ccc(-n2cnnn2)cc1)NCC1CC2c3ccccc3C1c1ccccc12. The highest BCUT2D eigenvalue weighted by Gasteiger charge is 2.42. The van der Waals surface area contributed by atoms with E-state index in [-0.39, 0.29) is 5.91 Å². The molecule has 3 aromatic carbocycles. The number of hydrogen-bond acceptors (Lipinski definition) is 4. The van der Waals surface area contributed by atoms with Crippen LogP contribution in [0.4, 0.5) is 0 Å². The molecule has 6 nitrogen and oxygen atoms in total. The molecule has 1 heterocycles. The summed E-state index contributed by atoms with van der Waals surface area (Å²) in [6.45, 7) is 0.700. The van der Waals surface area contributed by atoms with Crippen molar-refractivity contribution < 1.29 is 4.79 Å². The molecule has 158 valence electrons. The van der Waals surface area contributed by atoms with Crippen LogP contribution in [-0.2, 0) is 11.2 Å². The van der Waals surface area contributed by atoms with Gasteiger partial charge in [-0.25, -0.2) is 4.68 Å². The van der Waals surface area contributed by atoms with Gasteiger partial charge in [0, 0.05) is 18.4 Å². The number of nitrogens with zero attached hydrogens (tertiary/aromatic N) is 4. The van der Waals surface area contributed by atoms with Gasteiger partial charge in [0.1, 0.15) is 6.33 Å². The van der Waals surface area contributed by atoms with E-state index in [0.717, 1.165) is 17.7 Å². The molecule has 3 aliphatic rings. The van der Waals surface area contributed by atoms with Crippen molar-refractivity contribution in [3.05, 3.63) is 107 Å². The lowest BCUT2D eigenvalue weighted by Gasteiger charge is -2.45. The molecule has 3 aliphatic carbocycles. The molecular formula is C26H23N5O. The zero-order valence-corrected chi connectivity index (χ0v) is 17.6. The van der Waals surface area contributed by atoms with Gasteiger partial charge >= 0.3 is 0 Å². The van der Waals surface area contributed by atoms with Crippen LogP contribution in [0.1, 0.15) is 46.1 Å². The molecule has 0 saturated carbocycles. The molecular weight excluding hydrogens is 398 g/mol. The van der Waals surface area contributed by atoms with Crippen molar-refractivity contribution in [1.82, 2.24) is 25.5 Å². The van der Waals surface area contributed by atoms with E-state index in [2.05, 4.69) is 69.4 Å². The zero-order valence-electron chi connectivity index (χ0n) is 17.6. The molecule has 1 N–H and O–H groups in total. The maximum atomic E-state index is 12.7. The summed E-state index contributed by atoms with van der Waals surface area (Å²) in [6.07, 6.45) is 3.00. The Morgan fingerprint density at radius 2 is 1.56 bits per heavy atom. The van der Waals surface area contributed by atoms with Gasteiger partial charge in [-0.05, 0) is 62.7 Å². The minimum atomic E-state index is 0.0585. The number of amides is 1. The van der Waals surface area contributed by atoms with Crippen LogP contribution in [-0.4, -0.2) is 32.7 Å². The monoisotopic (exact) mass is 421 g/mol. The quantitative estimate of drug-likeness (QED) is 0.534. The molecule has 4 aromatic rings. The molecule has 32 heavy (non-hydrogen) atoms. The minimum Gasteiger partial charge on any atom is -0.356 e. The highest BCUT2D eigenvalue weighted by molar-refractivity contribution is 5.78. The Hall–Kier alpha value is -3.80. The van der Waals surface area contributed by atoms with Crippen LogP contribution in [0.5, 0.6) is 0 Å². The van der Waals surface area contributed by atoms with Gasteiger partial charge < -0.3 is 5.32 Å². The van der Waals surface area contributed by atoms with Gasteiger partial charge in [-0.1, -0.05) is 60.7 Å². The van der Waals surface area contributed by atoms with E-state index in [4.69, 9.17) is 0 Å². The third-order valence-electron chi connectivity index (χ3n) is 6.90. The number of tetrazole rings is 1. The first kappa shape index (κ1) is 18.9. The average Bonchev–Trinajstić information content (AvgIpc) is 3.38. The predicted molar refractivity (Wildman–Crippen MR) is 121 cm³/mol. The van der Waals surface area contributed by atoms with Crippen molar-refractivity contribution in [3.63, 3.8) is 0 Å². The van der Waals surface area contributed by atoms with Gasteiger partial charge in [-0.15, -0.1) is 5.10 Å². The Morgan fingerprint density at radius 3 is 2.19 bits per heavy atom. The van der Waals surface area contributed by atoms with E-state index in [1.807, 2.05) is 24.3 Å². The number of carbonyl (C=O) groups is 1. The van der Waals surface area contributed by atoms with E-state index >= 15 is 0 Å². The van der Waals surface area contributed by atoms with E-state index in [1.165, 1.54) is 22.3 Å². The van der Waals surface area contributed by atoms with Gasteiger partial charge in [0.25, 0.3) is 0 Å². The molecule has 1 unspecified atom stereocenters. The van der Waals surface area contributed by atoms with Gasteiger partial charge in [-0.2, -0.15) is 0 Å². The largest absolute Gasteiger partial charge is 0.356 e. The Labute approximate surface area is 186 Å². The summed E-state index contributed by atoms with van der Waals surface area (Å²) in [5.74, 6) is 1.25. The van der Waals surface area contributed by atoms with Crippen molar-refractivity contribution in [2.24, 2.45) is 5.92 Å². The number of rotatable bonds is 5. The Balaban J connectivity index is 1.15. The Morgan fingerprint density at radius 1 is 0.906 bits per heavy atom. The number of aromatic nitrogens is 4. The fourth-order valence-electron chi connectivity index (χ4n) is 5.50. The topological polar surface area (TPSA) is 72.7 Å². The van der Waals surface area contributed by atoms with Gasteiger partial charge in [0.05, 0.1) is 12.1 Å². The number of fused-ring (bicyclic) bond motifs is 1. The lowest BCUT2D eigenvalue weighted by atomic mass is 9.59. The molecule has 1 aromatic heterocycles. The fraction of sp³-hybridized carbons (Fsp3) is 0.231. The van der Waals surface area contributed by atoms with Crippen LogP contribution in [0.25, 0.3) is 5.69 Å². The van der Waals surface area contributed by atoms with Crippen LogP contribution in [0.15, 0.2) is 79.1 Å². The Bertz CT molecular complexity index is 1220. The maximum absolute atomic E-state index is 12.7. The van der Waals surface area contributed by atoms with E-state index in [1.54, 1.807) is 11.0 Å². The summed E-state index contributed by atoms with van der Waals surface area (Å²) in [5.41, 5.74) is 7.62. The second-order valence-corrected chi connectivity index (χ2v) is 8.69. The van der Waals surface area contributed by atoms with Gasteiger partial charge in [-0.3, -0.25) is 4.79 Å². The summed E-state index contributed by atoms with van der Waals surface area (Å²) in [4.78, 5) is 12.7. The predicted octanol–water partition coefficient (Wildman–Crippen LogP) is 3.62. The standard InChI is InChI=1S/C26H23N5O/c32-25(13-17-9-11-19(12-10-17)31-16-28-29-30-31)27-15-18-14-24-20-5-1-3-7-22(20)26(18)23-8-4-2-6-21(23)24/h1-12,16,18,24,26H,13-15H2,(H,27,32). The third kappa shape index (κ3) is 3.19. The van der Waals surface area contributed by atoms with E-state index < -0.39 is 0 Å².